The first-order valence-electron chi connectivity index (χ1n) is 7.31. The summed E-state index contributed by atoms with van der Waals surface area (Å²) < 4.78 is 72.4. The van der Waals surface area contributed by atoms with Gasteiger partial charge in [0, 0.05) is 0 Å². The third-order valence-electron chi connectivity index (χ3n) is 4.56. The van der Waals surface area contributed by atoms with E-state index in [0.29, 0.717) is 6.42 Å². The van der Waals surface area contributed by atoms with Crippen LogP contribution in [0.3, 0.4) is 0 Å². The van der Waals surface area contributed by atoms with Crippen LogP contribution in [-0.4, -0.2) is 25.2 Å². The molecular weight excluding hydrogens is 307 g/mol. The molecule has 0 amide bonds. The maximum Gasteiger partial charge on any atom is 0.410 e. The Morgan fingerprint density at radius 3 is 2.23 bits per heavy atom. The Balaban J connectivity index is 2.39. The first kappa shape index (κ1) is 17.2. The minimum Gasteiger partial charge on any atom is -0.465 e. The molecule has 1 fully saturated rings. The molecule has 2 bridgehead atoms. The van der Waals surface area contributed by atoms with Crippen molar-refractivity contribution in [3.05, 3.63) is 12.2 Å². The van der Waals surface area contributed by atoms with E-state index in [0.717, 1.165) is 0 Å². The highest BCUT2D eigenvalue weighted by molar-refractivity contribution is 5.79. The van der Waals surface area contributed by atoms with Crippen LogP contribution in [0.5, 0.6) is 0 Å². The van der Waals surface area contributed by atoms with E-state index in [1.54, 1.807) is 19.9 Å². The van der Waals surface area contributed by atoms with E-state index in [2.05, 4.69) is 4.74 Å². The molecule has 0 aromatic heterocycles. The van der Waals surface area contributed by atoms with Gasteiger partial charge in [0.1, 0.15) is 0 Å². The fraction of sp³-hybridized carbons (Fsp3) is 0.800. The summed E-state index contributed by atoms with van der Waals surface area (Å²) in [6, 6.07) is 0. The number of ether oxygens (including phenoxy) is 1. The molecule has 0 saturated heterocycles. The summed E-state index contributed by atoms with van der Waals surface area (Å²) >= 11 is 0. The van der Waals surface area contributed by atoms with Crippen LogP contribution < -0.4 is 0 Å². The number of fused-ring (bicyclic) bond motifs is 2. The van der Waals surface area contributed by atoms with E-state index in [-0.39, 0.29) is 24.9 Å². The Labute approximate surface area is 125 Å². The second kappa shape index (κ2) is 5.81. The number of esters is 1. The zero-order valence-corrected chi connectivity index (χ0v) is 12.4. The minimum atomic E-state index is -5.35. The van der Waals surface area contributed by atoms with Crippen LogP contribution in [0.15, 0.2) is 12.2 Å². The SMILES string of the molecule is CC(C)COC(=O)C(C(F)F)(C1CC2C=CC1C2)C(F)(F)F. The number of halogens is 5. The standard InChI is InChI=1S/C15H19F5O2/c1-8(2)7-22-13(21)14(12(16)17,15(18,19)20)11-6-9-3-4-10(11)5-9/h3-4,8-12H,5-7H2,1-2H3. The maximum atomic E-state index is 13.6. The zero-order chi connectivity index (χ0) is 16.7. The highest BCUT2D eigenvalue weighted by Crippen LogP contribution is 2.59. The predicted molar refractivity (Wildman–Crippen MR) is 69.1 cm³/mol. The van der Waals surface area contributed by atoms with Crippen molar-refractivity contribution in [2.75, 3.05) is 6.61 Å². The summed E-state index contributed by atoms with van der Waals surface area (Å²) in [7, 11) is 0. The average molecular weight is 326 g/mol. The van der Waals surface area contributed by atoms with Crippen LogP contribution >= 0.6 is 0 Å². The minimum absolute atomic E-state index is 0.0538. The molecule has 0 spiro atoms. The van der Waals surface area contributed by atoms with Crippen molar-refractivity contribution in [2.45, 2.75) is 39.3 Å². The van der Waals surface area contributed by atoms with Crippen LogP contribution in [0.1, 0.15) is 26.7 Å². The lowest BCUT2D eigenvalue weighted by Crippen LogP contribution is -2.57. The van der Waals surface area contributed by atoms with Crippen LogP contribution in [0.2, 0.25) is 0 Å². The van der Waals surface area contributed by atoms with Gasteiger partial charge in [0.2, 0.25) is 5.41 Å². The zero-order valence-electron chi connectivity index (χ0n) is 12.4. The Bertz CT molecular complexity index is 457. The van der Waals surface area contributed by atoms with Crippen molar-refractivity contribution >= 4 is 5.97 Å². The van der Waals surface area contributed by atoms with Crippen LogP contribution in [0.25, 0.3) is 0 Å². The fourth-order valence-corrected chi connectivity index (χ4v) is 3.52. The summed E-state index contributed by atoms with van der Waals surface area (Å²) in [5.74, 6) is -4.33. The summed E-state index contributed by atoms with van der Waals surface area (Å²) in [6.07, 6.45) is -5.58. The molecule has 7 heteroatoms. The Hall–Kier alpha value is -1.14. The van der Waals surface area contributed by atoms with Gasteiger partial charge in [-0.25, -0.2) is 8.78 Å². The van der Waals surface area contributed by atoms with Crippen LogP contribution in [0.4, 0.5) is 22.0 Å². The third-order valence-corrected chi connectivity index (χ3v) is 4.56. The van der Waals surface area contributed by atoms with E-state index >= 15 is 0 Å². The van der Waals surface area contributed by atoms with Gasteiger partial charge >= 0.3 is 12.1 Å². The molecule has 0 heterocycles. The summed E-state index contributed by atoms with van der Waals surface area (Å²) in [5.41, 5.74) is -3.73. The van der Waals surface area contributed by atoms with E-state index in [1.807, 2.05) is 0 Å². The molecule has 2 rings (SSSR count). The van der Waals surface area contributed by atoms with E-state index < -0.39 is 35.8 Å². The molecule has 2 nitrogen and oxygen atoms in total. The Morgan fingerprint density at radius 2 is 1.86 bits per heavy atom. The van der Waals surface area contributed by atoms with Crippen LogP contribution in [-0.2, 0) is 9.53 Å². The molecule has 22 heavy (non-hydrogen) atoms. The van der Waals surface area contributed by atoms with Crippen molar-refractivity contribution < 1.29 is 31.5 Å². The fourth-order valence-electron chi connectivity index (χ4n) is 3.52. The number of carbonyl (C=O) groups excluding carboxylic acids is 1. The second-order valence-electron chi connectivity index (χ2n) is 6.55. The van der Waals surface area contributed by atoms with Crippen molar-refractivity contribution in [1.29, 1.82) is 0 Å². The molecular formula is C15H19F5O2. The molecule has 2 aliphatic carbocycles. The Kier molecular flexibility index (Phi) is 4.55. The van der Waals surface area contributed by atoms with Crippen molar-refractivity contribution in [3.63, 3.8) is 0 Å². The topological polar surface area (TPSA) is 26.3 Å². The molecule has 0 aromatic carbocycles. The molecule has 0 aromatic rings. The van der Waals surface area contributed by atoms with Gasteiger partial charge in [0.15, 0.2) is 0 Å². The summed E-state index contributed by atoms with van der Waals surface area (Å²) in [5, 5.41) is 0. The molecule has 4 atom stereocenters. The molecule has 4 unspecified atom stereocenters. The largest absolute Gasteiger partial charge is 0.465 e. The molecule has 2 aliphatic rings. The Morgan fingerprint density at radius 1 is 1.23 bits per heavy atom. The van der Waals surface area contributed by atoms with E-state index in [4.69, 9.17) is 0 Å². The van der Waals surface area contributed by atoms with Gasteiger partial charge in [-0.1, -0.05) is 26.0 Å². The monoisotopic (exact) mass is 326 g/mol. The molecule has 0 radical (unpaired) electrons. The smallest absolute Gasteiger partial charge is 0.410 e. The first-order valence-corrected chi connectivity index (χ1v) is 7.31. The second-order valence-corrected chi connectivity index (χ2v) is 6.55. The van der Waals surface area contributed by atoms with Crippen LogP contribution in [0, 0.1) is 29.1 Å². The lowest BCUT2D eigenvalue weighted by Gasteiger charge is -2.40. The number of rotatable bonds is 5. The van der Waals surface area contributed by atoms with Gasteiger partial charge in [0.05, 0.1) is 6.61 Å². The molecule has 126 valence electrons. The van der Waals surface area contributed by atoms with Crippen molar-refractivity contribution in [1.82, 2.24) is 0 Å². The maximum absolute atomic E-state index is 13.6. The van der Waals surface area contributed by atoms with Crippen molar-refractivity contribution in [3.8, 4) is 0 Å². The third kappa shape index (κ3) is 2.63. The molecule has 1 saturated carbocycles. The van der Waals surface area contributed by atoms with Gasteiger partial charge in [0.25, 0.3) is 6.43 Å². The molecule has 0 N–H and O–H groups in total. The normalized spacial score (nSPS) is 30.1. The number of carbonyl (C=O) groups is 1. The number of allylic oxidation sites excluding steroid dienone is 2. The summed E-state index contributed by atoms with van der Waals surface area (Å²) in [4.78, 5) is 12.1. The lowest BCUT2D eigenvalue weighted by molar-refractivity contribution is -0.284. The van der Waals surface area contributed by atoms with Gasteiger partial charge in [-0.2, -0.15) is 13.2 Å². The molecule has 0 aliphatic heterocycles. The van der Waals surface area contributed by atoms with Gasteiger partial charge in [-0.3, -0.25) is 4.79 Å². The summed E-state index contributed by atoms with van der Waals surface area (Å²) in [6.45, 7) is 2.95. The predicted octanol–water partition coefficient (Wildman–Crippen LogP) is 4.21. The van der Waals surface area contributed by atoms with Crippen molar-refractivity contribution in [2.24, 2.45) is 29.1 Å². The van der Waals surface area contributed by atoms with Gasteiger partial charge < -0.3 is 4.74 Å². The lowest BCUT2D eigenvalue weighted by atomic mass is 9.68. The highest BCUT2D eigenvalue weighted by atomic mass is 19.4. The van der Waals surface area contributed by atoms with E-state index in [9.17, 15) is 26.7 Å². The number of hydrogen-bond acceptors (Lipinski definition) is 2. The number of hydrogen-bond donors (Lipinski definition) is 0. The van der Waals surface area contributed by atoms with Gasteiger partial charge in [-0.05, 0) is 36.5 Å². The first-order chi connectivity index (χ1) is 10.1. The average Bonchev–Trinajstić information content (AvgIpc) is 2.97. The quantitative estimate of drug-likeness (QED) is 0.430. The number of alkyl halides is 5. The van der Waals surface area contributed by atoms with Gasteiger partial charge in [-0.15, -0.1) is 0 Å². The highest BCUT2D eigenvalue weighted by Gasteiger charge is 2.73. The van der Waals surface area contributed by atoms with E-state index in [1.165, 1.54) is 6.08 Å².